The summed E-state index contributed by atoms with van der Waals surface area (Å²) in [5, 5.41) is 0. The Morgan fingerprint density at radius 1 is 1.29 bits per heavy atom. The molecule has 17 heavy (non-hydrogen) atoms. The van der Waals surface area contributed by atoms with E-state index in [2.05, 4.69) is 4.84 Å². The fourth-order valence-corrected chi connectivity index (χ4v) is 1.38. The van der Waals surface area contributed by atoms with Gasteiger partial charge in [-0.2, -0.15) is 0 Å². The number of carbonyl (C=O) groups is 1. The largest absolute Gasteiger partial charge is 0.458 e. The van der Waals surface area contributed by atoms with Gasteiger partial charge < -0.3 is 4.74 Å². The van der Waals surface area contributed by atoms with Crippen LogP contribution in [0, 0.1) is 0 Å². The molecule has 0 aliphatic carbocycles. The quantitative estimate of drug-likeness (QED) is 0.641. The summed E-state index contributed by atoms with van der Waals surface area (Å²) in [6.07, 6.45) is -0.358. The van der Waals surface area contributed by atoms with Crippen LogP contribution in [0.15, 0.2) is 30.3 Å². The van der Waals surface area contributed by atoms with Gasteiger partial charge in [0.25, 0.3) is 0 Å². The van der Waals surface area contributed by atoms with Crippen LogP contribution in [0.1, 0.15) is 26.3 Å². The molecule has 1 rings (SSSR count). The molecule has 0 aromatic heterocycles. The van der Waals surface area contributed by atoms with E-state index in [-0.39, 0.29) is 0 Å². The molecule has 0 saturated carbocycles. The molecule has 4 heteroatoms. The Hall–Kier alpha value is -1.39. The minimum Gasteiger partial charge on any atom is -0.458 e. The molecule has 94 valence electrons. The highest BCUT2D eigenvalue weighted by Gasteiger charge is 2.25. The fraction of sp³-hybridized carbons (Fsp3) is 0.462. The molecule has 0 fully saturated rings. The number of benzene rings is 1. The highest BCUT2D eigenvalue weighted by molar-refractivity contribution is 5.75. The summed E-state index contributed by atoms with van der Waals surface area (Å²) in [7, 11) is 0. The van der Waals surface area contributed by atoms with Crippen LogP contribution < -0.4 is 5.90 Å². The van der Waals surface area contributed by atoms with Crippen molar-refractivity contribution in [3.63, 3.8) is 0 Å². The van der Waals surface area contributed by atoms with E-state index in [0.29, 0.717) is 6.42 Å². The third-order valence-electron chi connectivity index (χ3n) is 2.10. The van der Waals surface area contributed by atoms with Crippen LogP contribution in [-0.4, -0.2) is 17.7 Å². The number of ether oxygens (including phenoxy) is 1. The summed E-state index contributed by atoms with van der Waals surface area (Å²) in [5.41, 5.74) is 0.443. The molecule has 0 aliphatic heterocycles. The molecule has 0 saturated heterocycles. The lowest BCUT2D eigenvalue weighted by Crippen LogP contribution is -2.36. The van der Waals surface area contributed by atoms with Crippen molar-refractivity contribution in [2.24, 2.45) is 5.90 Å². The Bertz CT molecular complexity index is 357. The molecular weight excluding hydrogens is 218 g/mol. The van der Waals surface area contributed by atoms with Crippen LogP contribution in [0.5, 0.6) is 0 Å². The zero-order valence-electron chi connectivity index (χ0n) is 10.5. The van der Waals surface area contributed by atoms with Gasteiger partial charge in [-0.3, -0.25) is 4.84 Å². The lowest BCUT2D eigenvalue weighted by Gasteiger charge is -2.22. The lowest BCUT2D eigenvalue weighted by molar-refractivity contribution is -0.168. The summed E-state index contributed by atoms with van der Waals surface area (Å²) in [6.45, 7) is 5.42. The molecule has 0 aliphatic rings. The monoisotopic (exact) mass is 237 g/mol. The van der Waals surface area contributed by atoms with E-state index in [9.17, 15) is 4.79 Å². The maximum atomic E-state index is 11.8. The highest BCUT2D eigenvalue weighted by atomic mass is 16.7. The van der Waals surface area contributed by atoms with Gasteiger partial charge >= 0.3 is 5.97 Å². The number of esters is 1. The van der Waals surface area contributed by atoms with Gasteiger partial charge in [-0.1, -0.05) is 30.3 Å². The van der Waals surface area contributed by atoms with E-state index < -0.39 is 17.7 Å². The van der Waals surface area contributed by atoms with Crippen molar-refractivity contribution in [2.75, 3.05) is 0 Å². The number of rotatable bonds is 4. The van der Waals surface area contributed by atoms with Crippen molar-refractivity contribution in [3.8, 4) is 0 Å². The first-order valence-corrected chi connectivity index (χ1v) is 5.54. The van der Waals surface area contributed by atoms with Crippen LogP contribution in [0.25, 0.3) is 0 Å². The third-order valence-corrected chi connectivity index (χ3v) is 2.10. The second-order valence-corrected chi connectivity index (χ2v) is 4.85. The van der Waals surface area contributed by atoms with E-state index in [1.807, 2.05) is 30.3 Å². The van der Waals surface area contributed by atoms with Crippen LogP contribution in [0.3, 0.4) is 0 Å². The van der Waals surface area contributed by atoms with Crippen LogP contribution >= 0.6 is 0 Å². The molecule has 4 nitrogen and oxygen atoms in total. The van der Waals surface area contributed by atoms with Gasteiger partial charge in [-0.05, 0) is 26.3 Å². The SMILES string of the molecule is CC(C)(C)OC(=O)[C@H](Cc1ccccc1)ON. The zero-order chi connectivity index (χ0) is 12.9. The summed E-state index contributed by atoms with van der Waals surface area (Å²) in [4.78, 5) is 16.5. The zero-order valence-corrected chi connectivity index (χ0v) is 10.5. The van der Waals surface area contributed by atoms with Crippen LogP contribution in [0.4, 0.5) is 0 Å². The van der Waals surface area contributed by atoms with E-state index in [4.69, 9.17) is 10.6 Å². The average molecular weight is 237 g/mol. The van der Waals surface area contributed by atoms with E-state index in [0.717, 1.165) is 5.56 Å². The van der Waals surface area contributed by atoms with Gasteiger partial charge in [0, 0.05) is 6.42 Å². The van der Waals surface area contributed by atoms with Gasteiger partial charge in [0.1, 0.15) is 5.60 Å². The fourth-order valence-electron chi connectivity index (χ4n) is 1.38. The average Bonchev–Trinajstić information content (AvgIpc) is 2.24. The lowest BCUT2D eigenvalue weighted by atomic mass is 10.1. The molecular formula is C13H19NO3. The second kappa shape index (κ2) is 5.80. The minimum absolute atomic E-state index is 0.409. The Morgan fingerprint density at radius 2 is 1.88 bits per heavy atom. The van der Waals surface area contributed by atoms with Gasteiger partial charge in [0.05, 0.1) is 0 Å². The number of carbonyl (C=O) groups excluding carboxylic acids is 1. The smallest absolute Gasteiger partial charge is 0.338 e. The second-order valence-electron chi connectivity index (χ2n) is 4.85. The summed E-state index contributed by atoms with van der Waals surface area (Å²) in [6, 6.07) is 9.54. The van der Waals surface area contributed by atoms with E-state index >= 15 is 0 Å². The molecule has 1 atom stereocenters. The van der Waals surface area contributed by atoms with Crippen LogP contribution in [0.2, 0.25) is 0 Å². The molecule has 0 spiro atoms. The third kappa shape index (κ3) is 4.97. The molecule has 0 bridgehead atoms. The molecule has 1 aromatic rings. The number of nitrogens with two attached hydrogens (primary N) is 1. The number of hydrogen-bond donors (Lipinski definition) is 1. The number of hydrogen-bond acceptors (Lipinski definition) is 4. The summed E-state index contributed by atoms with van der Waals surface area (Å²) < 4.78 is 5.22. The molecule has 1 aromatic carbocycles. The standard InChI is InChI=1S/C13H19NO3/c1-13(2,3)16-12(15)11(17-14)9-10-7-5-4-6-8-10/h4-8,11H,9,14H2,1-3H3/t11-/m0/s1. The Balaban J connectivity index is 2.63. The molecule has 0 amide bonds. The first-order valence-electron chi connectivity index (χ1n) is 5.54. The van der Waals surface area contributed by atoms with Crippen molar-refractivity contribution in [1.29, 1.82) is 0 Å². The maximum Gasteiger partial charge on any atom is 0.338 e. The molecule has 0 unspecified atom stereocenters. The van der Waals surface area contributed by atoms with Crippen LogP contribution in [-0.2, 0) is 20.8 Å². The minimum atomic E-state index is -0.767. The van der Waals surface area contributed by atoms with Gasteiger partial charge in [0.15, 0.2) is 6.10 Å². The van der Waals surface area contributed by atoms with Crippen molar-refractivity contribution >= 4 is 5.97 Å². The van der Waals surface area contributed by atoms with Gasteiger partial charge in [0.2, 0.25) is 0 Å². The molecule has 0 heterocycles. The van der Waals surface area contributed by atoms with Gasteiger partial charge in [-0.15, -0.1) is 0 Å². The van der Waals surface area contributed by atoms with Gasteiger partial charge in [-0.25, -0.2) is 10.7 Å². The van der Waals surface area contributed by atoms with Crippen molar-refractivity contribution < 1.29 is 14.4 Å². The normalized spacial score (nSPS) is 13.2. The first-order chi connectivity index (χ1) is 7.92. The topological polar surface area (TPSA) is 61.5 Å². The predicted molar refractivity (Wildman–Crippen MR) is 65.1 cm³/mol. The Labute approximate surface area is 102 Å². The highest BCUT2D eigenvalue weighted by Crippen LogP contribution is 2.12. The van der Waals surface area contributed by atoms with Crippen molar-refractivity contribution in [3.05, 3.63) is 35.9 Å². The Kier molecular flexibility index (Phi) is 4.66. The predicted octanol–water partition coefficient (Wildman–Crippen LogP) is 1.83. The van der Waals surface area contributed by atoms with Crippen molar-refractivity contribution in [2.45, 2.75) is 38.9 Å². The summed E-state index contributed by atoms with van der Waals surface area (Å²) >= 11 is 0. The first kappa shape index (κ1) is 13.7. The Morgan fingerprint density at radius 3 is 2.35 bits per heavy atom. The molecule has 2 N–H and O–H groups in total. The summed E-state index contributed by atoms with van der Waals surface area (Å²) in [5.74, 6) is 4.70. The van der Waals surface area contributed by atoms with E-state index in [1.54, 1.807) is 20.8 Å². The molecule has 0 radical (unpaired) electrons. The van der Waals surface area contributed by atoms with E-state index in [1.165, 1.54) is 0 Å². The van der Waals surface area contributed by atoms with Crippen molar-refractivity contribution in [1.82, 2.24) is 0 Å². The maximum absolute atomic E-state index is 11.8.